The number of carbonyl (C=O) groups is 2. The van der Waals surface area contributed by atoms with Gasteiger partial charge in [-0.3, -0.25) is 9.59 Å². The van der Waals surface area contributed by atoms with Crippen LogP contribution in [-0.4, -0.2) is 47.8 Å². The molecule has 33 heavy (non-hydrogen) atoms. The zero-order valence-corrected chi connectivity index (χ0v) is 20.0. The van der Waals surface area contributed by atoms with E-state index in [2.05, 4.69) is 0 Å². The second-order valence-electron chi connectivity index (χ2n) is 8.68. The standard InChI is InChI=1S/C26H31ClF2N2O2/c1-3-25(32)30(2)24(16-20-8-10-21(28)17-23(20)29)19-12-14-31(15-13-19)26(33)11-9-18-6-4-5-7-22(18)27/h4-8,10,17,19,24H,3,9,11-16H2,1-2H3. The number of aryl methyl sites for hydroxylation is 1. The number of amides is 2. The number of likely N-dealkylation sites (N-methyl/N-ethyl adjacent to an activating group) is 1. The highest BCUT2D eigenvalue weighted by molar-refractivity contribution is 6.31. The Morgan fingerprint density at radius 1 is 1.12 bits per heavy atom. The van der Waals surface area contributed by atoms with Gasteiger partial charge in [-0.15, -0.1) is 0 Å². The third-order valence-corrected chi connectivity index (χ3v) is 7.01. The fourth-order valence-corrected chi connectivity index (χ4v) is 4.83. The van der Waals surface area contributed by atoms with Crippen LogP contribution in [0.15, 0.2) is 42.5 Å². The SMILES string of the molecule is CCC(=O)N(C)C(Cc1ccc(F)cc1F)C1CCN(C(=O)CCc2ccccc2Cl)CC1. The normalized spacial score (nSPS) is 15.4. The van der Waals surface area contributed by atoms with Gasteiger partial charge >= 0.3 is 0 Å². The number of hydrogen-bond donors (Lipinski definition) is 0. The van der Waals surface area contributed by atoms with Gasteiger partial charge < -0.3 is 9.80 Å². The van der Waals surface area contributed by atoms with Crippen molar-refractivity contribution in [2.75, 3.05) is 20.1 Å². The lowest BCUT2D eigenvalue weighted by molar-refractivity contribution is -0.136. The van der Waals surface area contributed by atoms with Gasteiger partial charge in [-0.1, -0.05) is 42.8 Å². The summed E-state index contributed by atoms with van der Waals surface area (Å²) in [6, 6.07) is 10.9. The Bertz CT molecular complexity index is 977. The van der Waals surface area contributed by atoms with Crippen molar-refractivity contribution in [1.29, 1.82) is 0 Å². The Labute approximate surface area is 199 Å². The van der Waals surface area contributed by atoms with Crippen LogP contribution in [-0.2, 0) is 22.4 Å². The average Bonchev–Trinajstić information content (AvgIpc) is 2.82. The second kappa shape index (κ2) is 11.6. The van der Waals surface area contributed by atoms with Crippen LogP contribution < -0.4 is 0 Å². The molecule has 1 heterocycles. The molecule has 7 heteroatoms. The van der Waals surface area contributed by atoms with Crippen molar-refractivity contribution in [3.05, 3.63) is 70.2 Å². The van der Waals surface area contributed by atoms with E-state index in [1.807, 2.05) is 29.2 Å². The molecule has 1 unspecified atom stereocenters. The van der Waals surface area contributed by atoms with Gasteiger partial charge in [0.05, 0.1) is 0 Å². The zero-order chi connectivity index (χ0) is 24.0. The van der Waals surface area contributed by atoms with Crippen LogP contribution in [0.25, 0.3) is 0 Å². The van der Waals surface area contributed by atoms with Gasteiger partial charge in [0.1, 0.15) is 11.6 Å². The first-order valence-electron chi connectivity index (χ1n) is 11.5. The van der Waals surface area contributed by atoms with E-state index in [1.165, 1.54) is 12.1 Å². The summed E-state index contributed by atoms with van der Waals surface area (Å²) >= 11 is 6.20. The molecule has 2 amide bonds. The Kier molecular flexibility index (Phi) is 8.84. The van der Waals surface area contributed by atoms with E-state index in [0.717, 1.165) is 24.5 Å². The molecule has 0 spiro atoms. The number of benzene rings is 2. The minimum absolute atomic E-state index is 0.0132. The average molecular weight is 477 g/mol. The molecule has 0 aliphatic carbocycles. The lowest BCUT2D eigenvalue weighted by Gasteiger charge is -2.40. The first-order valence-corrected chi connectivity index (χ1v) is 11.9. The highest BCUT2D eigenvalue weighted by Gasteiger charge is 2.32. The molecule has 1 atom stereocenters. The van der Waals surface area contributed by atoms with Crippen molar-refractivity contribution in [1.82, 2.24) is 9.80 Å². The van der Waals surface area contributed by atoms with Gasteiger partial charge in [-0.05, 0) is 54.9 Å². The van der Waals surface area contributed by atoms with Gasteiger partial charge in [0.2, 0.25) is 11.8 Å². The molecule has 0 bridgehead atoms. The minimum atomic E-state index is -0.616. The number of nitrogens with zero attached hydrogens (tertiary/aromatic N) is 2. The number of likely N-dealkylation sites (tertiary alicyclic amines) is 1. The van der Waals surface area contributed by atoms with Crippen LogP contribution in [0.1, 0.15) is 43.7 Å². The monoisotopic (exact) mass is 476 g/mol. The molecule has 0 aromatic heterocycles. The molecule has 0 radical (unpaired) electrons. The summed E-state index contributed by atoms with van der Waals surface area (Å²) in [7, 11) is 1.75. The number of halogens is 3. The zero-order valence-electron chi connectivity index (χ0n) is 19.2. The third kappa shape index (κ3) is 6.53. The molecule has 0 saturated carbocycles. The largest absolute Gasteiger partial charge is 0.343 e. The van der Waals surface area contributed by atoms with E-state index in [9.17, 15) is 18.4 Å². The van der Waals surface area contributed by atoms with E-state index < -0.39 is 11.6 Å². The molecular formula is C26H31ClF2N2O2. The molecule has 2 aromatic rings. The maximum atomic E-state index is 14.3. The first-order chi connectivity index (χ1) is 15.8. The van der Waals surface area contributed by atoms with Crippen LogP contribution in [0.5, 0.6) is 0 Å². The van der Waals surface area contributed by atoms with Crippen LogP contribution in [0.4, 0.5) is 8.78 Å². The van der Waals surface area contributed by atoms with Crippen molar-refractivity contribution < 1.29 is 18.4 Å². The van der Waals surface area contributed by atoms with Crippen LogP contribution in [0.2, 0.25) is 5.02 Å². The molecule has 1 aliphatic rings. The van der Waals surface area contributed by atoms with Gasteiger partial charge in [-0.25, -0.2) is 8.78 Å². The highest BCUT2D eigenvalue weighted by atomic mass is 35.5. The molecular weight excluding hydrogens is 446 g/mol. The Hall–Kier alpha value is -2.47. The van der Waals surface area contributed by atoms with Gasteiger partial charge in [0, 0.05) is 50.1 Å². The predicted octanol–water partition coefficient (Wildman–Crippen LogP) is 5.27. The van der Waals surface area contributed by atoms with Crippen LogP contribution in [0, 0.1) is 17.6 Å². The first kappa shape index (κ1) is 25.2. The Morgan fingerprint density at radius 3 is 2.45 bits per heavy atom. The summed E-state index contributed by atoms with van der Waals surface area (Å²) in [5.41, 5.74) is 1.36. The van der Waals surface area contributed by atoms with Gasteiger partial charge in [-0.2, -0.15) is 0 Å². The van der Waals surface area contributed by atoms with E-state index in [-0.39, 0.29) is 23.8 Å². The van der Waals surface area contributed by atoms with E-state index in [1.54, 1.807) is 18.9 Å². The molecule has 1 saturated heterocycles. The minimum Gasteiger partial charge on any atom is -0.343 e. The highest BCUT2D eigenvalue weighted by Crippen LogP contribution is 2.28. The second-order valence-corrected chi connectivity index (χ2v) is 9.08. The van der Waals surface area contributed by atoms with Crippen molar-refractivity contribution in [3.8, 4) is 0 Å². The van der Waals surface area contributed by atoms with Crippen molar-refractivity contribution in [3.63, 3.8) is 0 Å². The van der Waals surface area contributed by atoms with Crippen LogP contribution >= 0.6 is 11.6 Å². The van der Waals surface area contributed by atoms with E-state index in [0.29, 0.717) is 49.4 Å². The molecule has 178 valence electrons. The summed E-state index contributed by atoms with van der Waals surface area (Å²) in [4.78, 5) is 28.8. The molecule has 0 N–H and O–H groups in total. The van der Waals surface area contributed by atoms with E-state index in [4.69, 9.17) is 11.6 Å². The number of hydrogen-bond acceptors (Lipinski definition) is 2. The number of carbonyl (C=O) groups excluding carboxylic acids is 2. The molecule has 1 fully saturated rings. The summed E-state index contributed by atoms with van der Waals surface area (Å²) in [6.07, 6.45) is 3.13. The van der Waals surface area contributed by atoms with Gasteiger partial charge in [0.15, 0.2) is 0 Å². The van der Waals surface area contributed by atoms with Crippen molar-refractivity contribution in [2.24, 2.45) is 5.92 Å². The fourth-order valence-electron chi connectivity index (χ4n) is 4.60. The summed E-state index contributed by atoms with van der Waals surface area (Å²) in [6.45, 7) is 3.00. The quantitative estimate of drug-likeness (QED) is 0.520. The lowest BCUT2D eigenvalue weighted by Crippen LogP contribution is -2.48. The Balaban J connectivity index is 1.63. The Morgan fingerprint density at radius 2 is 1.82 bits per heavy atom. The number of piperidine rings is 1. The lowest BCUT2D eigenvalue weighted by atomic mass is 9.84. The summed E-state index contributed by atoms with van der Waals surface area (Å²) in [5.74, 6) is -1.00. The number of rotatable bonds is 8. The summed E-state index contributed by atoms with van der Waals surface area (Å²) < 4.78 is 27.7. The topological polar surface area (TPSA) is 40.6 Å². The van der Waals surface area contributed by atoms with Crippen LogP contribution in [0.3, 0.4) is 0 Å². The van der Waals surface area contributed by atoms with E-state index >= 15 is 0 Å². The van der Waals surface area contributed by atoms with Crippen molar-refractivity contribution >= 4 is 23.4 Å². The maximum absolute atomic E-state index is 14.3. The summed E-state index contributed by atoms with van der Waals surface area (Å²) in [5, 5.41) is 0.670. The molecule has 2 aromatic carbocycles. The molecule has 4 nitrogen and oxygen atoms in total. The third-order valence-electron chi connectivity index (χ3n) is 6.64. The molecule has 1 aliphatic heterocycles. The maximum Gasteiger partial charge on any atom is 0.222 e. The van der Waals surface area contributed by atoms with Crippen molar-refractivity contribution in [2.45, 2.75) is 51.5 Å². The fraction of sp³-hybridized carbons (Fsp3) is 0.462. The molecule has 3 rings (SSSR count). The predicted molar refractivity (Wildman–Crippen MR) is 126 cm³/mol. The smallest absolute Gasteiger partial charge is 0.222 e. The van der Waals surface area contributed by atoms with Gasteiger partial charge in [0.25, 0.3) is 0 Å².